The second-order valence-corrected chi connectivity index (χ2v) is 11.4. The van der Waals surface area contributed by atoms with Crippen LogP contribution < -0.4 is 19.1 Å². The van der Waals surface area contributed by atoms with Crippen LogP contribution in [0.1, 0.15) is 31.7 Å². The first-order chi connectivity index (χ1) is 16.5. The van der Waals surface area contributed by atoms with Gasteiger partial charge in [0, 0.05) is 6.54 Å². The number of nitrogens with zero attached hydrogens (tertiary/aromatic N) is 1. The molecular formula is C22H28N4O7S2. The number of benzene rings is 2. The monoisotopic (exact) mass is 524 g/mol. The summed E-state index contributed by atoms with van der Waals surface area (Å²) < 4.78 is 54.8. The smallest absolute Gasteiger partial charge is 0.326 e. The summed E-state index contributed by atoms with van der Waals surface area (Å²) in [5.41, 5.74) is 0.268. The third-order valence-corrected chi connectivity index (χ3v) is 8.19. The molecule has 0 spiro atoms. The van der Waals surface area contributed by atoms with E-state index in [1.807, 2.05) is 11.6 Å². The second kappa shape index (κ2) is 11.1. The van der Waals surface area contributed by atoms with E-state index >= 15 is 0 Å². The lowest BCUT2D eigenvalue weighted by molar-refractivity contribution is -0.122. The Morgan fingerprint density at radius 3 is 2.49 bits per heavy atom. The number of sulfonamides is 1. The van der Waals surface area contributed by atoms with Gasteiger partial charge >= 0.3 is 10.2 Å². The van der Waals surface area contributed by atoms with Crippen LogP contribution in [0.4, 0.5) is 5.69 Å². The van der Waals surface area contributed by atoms with Crippen LogP contribution in [0.25, 0.3) is 0 Å². The Labute approximate surface area is 204 Å². The van der Waals surface area contributed by atoms with Crippen molar-refractivity contribution in [3.8, 4) is 5.75 Å². The molecule has 13 heteroatoms. The van der Waals surface area contributed by atoms with Gasteiger partial charge in [-0.3, -0.25) is 9.59 Å². The maximum Gasteiger partial charge on any atom is 0.326 e. The van der Waals surface area contributed by atoms with Crippen LogP contribution in [0.15, 0.2) is 53.4 Å². The van der Waals surface area contributed by atoms with E-state index in [0.717, 1.165) is 23.6 Å². The Kier molecular flexibility index (Phi) is 8.35. The summed E-state index contributed by atoms with van der Waals surface area (Å²) in [5, 5.41) is 13.2. The van der Waals surface area contributed by atoms with Crippen LogP contribution in [0, 0.1) is 0 Å². The number of nitrogens with one attached hydrogen (secondary N) is 3. The molecule has 3 rings (SSSR count). The van der Waals surface area contributed by atoms with E-state index in [1.54, 1.807) is 18.2 Å². The normalized spacial score (nSPS) is 16.0. The number of phenolic OH excluding ortho intramolecular Hbond substituents is 1. The number of phenols is 1. The third-order valence-electron chi connectivity index (χ3n) is 5.32. The summed E-state index contributed by atoms with van der Waals surface area (Å²) in [4.78, 5) is 24.4. The van der Waals surface area contributed by atoms with Gasteiger partial charge in [-0.2, -0.15) is 13.1 Å². The fourth-order valence-electron chi connectivity index (χ4n) is 3.56. The van der Waals surface area contributed by atoms with Crippen LogP contribution in [-0.4, -0.2) is 52.9 Å². The van der Waals surface area contributed by atoms with Gasteiger partial charge in [0.15, 0.2) is 0 Å². The zero-order chi connectivity index (χ0) is 25.6. The van der Waals surface area contributed by atoms with E-state index in [4.69, 9.17) is 0 Å². The van der Waals surface area contributed by atoms with Crippen molar-refractivity contribution in [1.82, 2.24) is 14.8 Å². The fraction of sp³-hybridized carbons (Fsp3) is 0.364. The summed E-state index contributed by atoms with van der Waals surface area (Å²) in [6.07, 6.45) is 2.50. The van der Waals surface area contributed by atoms with Crippen LogP contribution in [0.5, 0.6) is 5.75 Å². The number of unbranched alkanes of at least 4 members (excludes halogenated alkanes) is 2. The highest BCUT2D eigenvalue weighted by molar-refractivity contribution is 7.92. The predicted octanol–water partition coefficient (Wildman–Crippen LogP) is 0.769. The highest BCUT2D eigenvalue weighted by Crippen LogP contribution is 2.31. The number of aromatic hydroxyl groups is 1. The standard InChI is InChI=1S/C22H28N4O7S2/c1-2-3-7-12-23-22(29)18(24-34(30,31)17-8-5-4-6-9-17)13-16-10-11-19(20(27)14-16)26-15-21(28)25-35(26,32)33/h4-6,8-11,14,18,24,27H,2-3,7,12-13,15H2,1H3,(H,23,29)(H,25,28). The van der Waals surface area contributed by atoms with Gasteiger partial charge in [0.05, 0.1) is 10.6 Å². The van der Waals surface area contributed by atoms with Crippen LogP contribution in [0.2, 0.25) is 0 Å². The number of amides is 2. The zero-order valence-electron chi connectivity index (χ0n) is 19.1. The Bertz CT molecular complexity index is 1280. The first kappa shape index (κ1) is 26.4. The van der Waals surface area contributed by atoms with Gasteiger partial charge in [-0.1, -0.05) is 44.0 Å². The number of carbonyl (C=O) groups is 2. The Morgan fingerprint density at radius 2 is 1.89 bits per heavy atom. The summed E-state index contributed by atoms with van der Waals surface area (Å²) in [6, 6.07) is 10.4. The van der Waals surface area contributed by atoms with Crippen molar-refractivity contribution in [3.05, 3.63) is 54.1 Å². The molecular weight excluding hydrogens is 496 g/mol. The molecule has 11 nitrogen and oxygen atoms in total. The van der Waals surface area contributed by atoms with Crippen molar-refractivity contribution in [2.45, 2.75) is 43.5 Å². The first-order valence-corrected chi connectivity index (χ1v) is 14.0. The number of hydrogen-bond donors (Lipinski definition) is 4. The Morgan fingerprint density at radius 1 is 1.17 bits per heavy atom. The largest absolute Gasteiger partial charge is 0.506 e. The molecule has 190 valence electrons. The van der Waals surface area contributed by atoms with Gasteiger partial charge in [-0.25, -0.2) is 17.4 Å². The van der Waals surface area contributed by atoms with E-state index in [-0.39, 0.29) is 17.0 Å². The molecule has 1 aliphatic rings. The van der Waals surface area contributed by atoms with Gasteiger partial charge in [-0.05, 0) is 42.7 Å². The number of anilines is 1. The molecule has 1 unspecified atom stereocenters. The summed E-state index contributed by atoms with van der Waals surface area (Å²) in [6.45, 7) is 1.93. The lowest BCUT2D eigenvalue weighted by Gasteiger charge is -2.20. The molecule has 0 saturated carbocycles. The zero-order valence-corrected chi connectivity index (χ0v) is 20.7. The van der Waals surface area contributed by atoms with Gasteiger partial charge in [0.2, 0.25) is 15.9 Å². The molecule has 2 amide bonds. The minimum Gasteiger partial charge on any atom is -0.506 e. The molecule has 0 bridgehead atoms. The van der Waals surface area contributed by atoms with Gasteiger partial charge in [-0.15, -0.1) is 0 Å². The van der Waals surface area contributed by atoms with Crippen molar-refractivity contribution in [1.29, 1.82) is 0 Å². The number of carbonyl (C=O) groups excluding carboxylic acids is 2. The Balaban J connectivity index is 1.83. The third kappa shape index (κ3) is 6.71. The molecule has 0 aromatic heterocycles. The minimum atomic E-state index is -4.11. The lowest BCUT2D eigenvalue weighted by Crippen LogP contribution is -2.48. The lowest BCUT2D eigenvalue weighted by atomic mass is 10.0. The molecule has 2 aromatic rings. The fourth-order valence-corrected chi connectivity index (χ4v) is 5.94. The Hall–Kier alpha value is -3.16. The van der Waals surface area contributed by atoms with E-state index in [9.17, 15) is 31.5 Å². The maximum atomic E-state index is 12.9. The molecule has 0 radical (unpaired) electrons. The van der Waals surface area contributed by atoms with Gasteiger partial charge in [0.25, 0.3) is 5.91 Å². The van der Waals surface area contributed by atoms with E-state index in [2.05, 4.69) is 10.0 Å². The summed E-state index contributed by atoms with van der Waals surface area (Å²) in [7, 11) is -8.13. The SMILES string of the molecule is CCCCCNC(=O)C(Cc1ccc(N2CC(=O)NS2(=O)=O)c(O)c1)NS(=O)(=O)c1ccccc1. The van der Waals surface area contributed by atoms with E-state index in [0.29, 0.717) is 12.1 Å². The molecule has 2 aromatic carbocycles. The maximum absolute atomic E-state index is 12.9. The highest BCUT2D eigenvalue weighted by atomic mass is 32.2. The average Bonchev–Trinajstić information content (AvgIpc) is 3.08. The van der Waals surface area contributed by atoms with Crippen molar-refractivity contribution in [3.63, 3.8) is 0 Å². The van der Waals surface area contributed by atoms with Crippen molar-refractivity contribution in [2.24, 2.45) is 0 Å². The summed E-state index contributed by atoms with van der Waals surface area (Å²) >= 11 is 0. The molecule has 35 heavy (non-hydrogen) atoms. The molecule has 1 atom stereocenters. The average molecular weight is 525 g/mol. The molecule has 1 aliphatic heterocycles. The van der Waals surface area contributed by atoms with Crippen LogP contribution >= 0.6 is 0 Å². The topological polar surface area (TPSA) is 162 Å². The first-order valence-electron chi connectivity index (χ1n) is 11.0. The van der Waals surface area contributed by atoms with Gasteiger partial charge < -0.3 is 10.4 Å². The summed E-state index contributed by atoms with van der Waals surface area (Å²) in [5.74, 6) is -1.69. The van der Waals surface area contributed by atoms with Crippen molar-refractivity contribution < 1.29 is 31.5 Å². The van der Waals surface area contributed by atoms with Crippen LogP contribution in [-0.2, 0) is 36.2 Å². The van der Waals surface area contributed by atoms with Crippen molar-refractivity contribution >= 4 is 37.7 Å². The molecule has 0 aliphatic carbocycles. The van der Waals surface area contributed by atoms with E-state index < -0.39 is 50.4 Å². The van der Waals surface area contributed by atoms with Crippen molar-refractivity contribution in [2.75, 3.05) is 17.4 Å². The van der Waals surface area contributed by atoms with Crippen LogP contribution in [0.3, 0.4) is 0 Å². The van der Waals surface area contributed by atoms with E-state index in [1.165, 1.54) is 30.3 Å². The number of hydrogen-bond acceptors (Lipinski definition) is 7. The highest BCUT2D eigenvalue weighted by Gasteiger charge is 2.35. The molecule has 1 saturated heterocycles. The number of rotatable bonds is 11. The van der Waals surface area contributed by atoms with Gasteiger partial charge in [0.1, 0.15) is 18.3 Å². The molecule has 1 heterocycles. The molecule has 1 fully saturated rings. The minimum absolute atomic E-state index is 0.00150. The predicted molar refractivity (Wildman–Crippen MR) is 129 cm³/mol. The molecule has 4 N–H and O–H groups in total. The second-order valence-electron chi connectivity index (χ2n) is 8.05. The quantitative estimate of drug-likeness (QED) is 0.316.